The van der Waals surface area contributed by atoms with E-state index < -0.39 is 0 Å². The van der Waals surface area contributed by atoms with E-state index >= 15 is 0 Å². The van der Waals surface area contributed by atoms with E-state index in [0.29, 0.717) is 45.6 Å². The third-order valence-electron chi connectivity index (χ3n) is 4.22. The van der Waals surface area contributed by atoms with Crippen LogP contribution in [-0.2, 0) is 4.74 Å². The van der Waals surface area contributed by atoms with Crippen molar-refractivity contribution in [3.05, 3.63) is 21.8 Å². The van der Waals surface area contributed by atoms with E-state index in [1.165, 1.54) is 11.3 Å². The highest BCUT2D eigenvalue weighted by Crippen LogP contribution is 2.39. The van der Waals surface area contributed by atoms with Crippen LogP contribution in [0.1, 0.15) is 30.0 Å². The van der Waals surface area contributed by atoms with Crippen LogP contribution < -0.4 is 4.90 Å². The Bertz CT molecular complexity index is 976. The summed E-state index contributed by atoms with van der Waals surface area (Å²) in [6, 6.07) is 0. The van der Waals surface area contributed by atoms with Crippen LogP contribution in [0.4, 0.5) is 5.69 Å². The van der Waals surface area contributed by atoms with Gasteiger partial charge in [-0.25, -0.2) is 9.97 Å². The number of anilines is 1. The van der Waals surface area contributed by atoms with Gasteiger partial charge in [0.15, 0.2) is 12.0 Å². The maximum atomic E-state index is 11.8. The molecule has 3 aromatic heterocycles. The number of nitrogens with zero attached hydrogens (tertiary/aromatic N) is 4. The molecule has 136 valence electrons. The van der Waals surface area contributed by atoms with Gasteiger partial charge >= 0.3 is 0 Å². The highest BCUT2D eigenvalue weighted by atomic mass is 35.5. The molecular weight excluding hydrogens is 376 g/mol. The first-order chi connectivity index (χ1) is 12.5. The summed E-state index contributed by atoms with van der Waals surface area (Å²) in [4.78, 5) is 22.7. The molecule has 0 radical (unpaired) electrons. The summed E-state index contributed by atoms with van der Waals surface area (Å²) in [7, 11) is 0. The molecule has 1 fully saturated rings. The number of aryl methyl sites for hydroxylation is 1. The van der Waals surface area contributed by atoms with Crippen LogP contribution in [0, 0.1) is 6.92 Å². The second-order valence-corrected chi connectivity index (χ2v) is 7.68. The topological polar surface area (TPSA) is 81.4 Å². The van der Waals surface area contributed by atoms with Gasteiger partial charge in [0.1, 0.15) is 21.2 Å². The van der Waals surface area contributed by atoms with E-state index in [0.717, 1.165) is 12.0 Å². The molecule has 1 saturated heterocycles. The van der Waals surface area contributed by atoms with Gasteiger partial charge in [-0.3, -0.25) is 4.79 Å². The number of halogens is 1. The summed E-state index contributed by atoms with van der Waals surface area (Å²) in [5.74, 6) is 0. The fraction of sp³-hybridized carbons (Fsp3) is 0.412. The van der Waals surface area contributed by atoms with Crippen LogP contribution in [0.15, 0.2) is 9.90 Å². The molecule has 0 aliphatic carbocycles. The van der Waals surface area contributed by atoms with Crippen molar-refractivity contribution in [3.8, 4) is 10.7 Å². The maximum Gasteiger partial charge on any atom is 0.206 e. The lowest BCUT2D eigenvalue weighted by Gasteiger charge is -2.37. The monoisotopic (exact) mass is 392 g/mol. The van der Waals surface area contributed by atoms with Crippen LogP contribution in [0.3, 0.4) is 0 Å². The zero-order valence-corrected chi connectivity index (χ0v) is 16.1. The predicted molar refractivity (Wildman–Crippen MR) is 100 cm³/mol. The molecule has 1 aliphatic heterocycles. The molecule has 26 heavy (non-hydrogen) atoms. The highest BCUT2D eigenvalue weighted by molar-refractivity contribution is 7.13. The quantitative estimate of drug-likeness (QED) is 0.628. The Balaban J connectivity index is 1.87. The van der Waals surface area contributed by atoms with E-state index in [1.54, 1.807) is 0 Å². The van der Waals surface area contributed by atoms with Crippen molar-refractivity contribution in [1.82, 2.24) is 15.1 Å². The van der Waals surface area contributed by atoms with E-state index in [2.05, 4.69) is 15.1 Å². The van der Waals surface area contributed by atoms with Crippen molar-refractivity contribution in [3.63, 3.8) is 0 Å². The summed E-state index contributed by atoms with van der Waals surface area (Å²) in [6.07, 6.45) is 0.761. The molecule has 4 rings (SSSR count). The van der Waals surface area contributed by atoms with Gasteiger partial charge < -0.3 is 14.2 Å². The lowest BCUT2D eigenvalue weighted by Crippen LogP contribution is -2.46. The van der Waals surface area contributed by atoms with Gasteiger partial charge in [0.2, 0.25) is 5.58 Å². The Hall–Kier alpha value is -2.03. The molecule has 0 amide bonds. The summed E-state index contributed by atoms with van der Waals surface area (Å²) in [5.41, 5.74) is 3.02. The molecule has 7 nitrogen and oxygen atoms in total. The van der Waals surface area contributed by atoms with Crippen molar-refractivity contribution in [1.29, 1.82) is 0 Å². The Morgan fingerprint density at radius 2 is 2.04 bits per heavy atom. The smallest absolute Gasteiger partial charge is 0.206 e. The first kappa shape index (κ1) is 17.4. The molecule has 1 aliphatic rings. The number of carbonyl (C=O) groups excluding carboxylic acids is 1. The van der Waals surface area contributed by atoms with Crippen LogP contribution in [0.2, 0.25) is 5.02 Å². The van der Waals surface area contributed by atoms with Gasteiger partial charge in [0.25, 0.3) is 0 Å². The maximum absolute atomic E-state index is 11.8. The van der Waals surface area contributed by atoms with Gasteiger partial charge in [0.05, 0.1) is 17.9 Å². The second kappa shape index (κ2) is 6.61. The number of aldehydes is 1. The summed E-state index contributed by atoms with van der Waals surface area (Å²) in [5, 5.41) is 7.04. The first-order valence-electron chi connectivity index (χ1n) is 8.25. The van der Waals surface area contributed by atoms with Crippen LogP contribution in [0.25, 0.3) is 21.8 Å². The molecule has 0 spiro atoms. The molecule has 0 aromatic carbocycles. The lowest BCUT2D eigenvalue weighted by atomic mass is 10.1. The number of ether oxygens (including phenoxy) is 1. The van der Waals surface area contributed by atoms with E-state index in [1.807, 2.05) is 31.1 Å². The van der Waals surface area contributed by atoms with Crippen molar-refractivity contribution in [2.24, 2.45) is 0 Å². The Morgan fingerprint density at radius 1 is 1.31 bits per heavy atom. The Morgan fingerprint density at radius 3 is 2.65 bits per heavy atom. The minimum Gasteiger partial charge on any atom is -0.372 e. The van der Waals surface area contributed by atoms with Gasteiger partial charge in [-0.05, 0) is 20.8 Å². The van der Waals surface area contributed by atoms with Crippen molar-refractivity contribution in [2.75, 3.05) is 18.0 Å². The van der Waals surface area contributed by atoms with Crippen molar-refractivity contribution >= 4 is 46.0 Å². The van der Waals surface area contributed by atoms with Crippen molar-refractivity contribution in [2.45, 2.75) is 33.0 Å². The molecule has 4 heterocycles. The molecule has 3 aromatic rings. The Kier molecular flexibility index (Phi) is 4.42. The average molecular weight is 393 g/mol. The minimum absolute atomic E-state index is 0.0218. The number of morpholine rings is 1. The normalized spacial score (nSPS) is 20.7. The molecular formula is C17H17ClN4O3S. The molecule has 0 N–H and O–H groups in total. The zero-order chi connectivity index (χ0) is 18.4. The number of fused-ring (bicyclic) bond motifs is 1. The number of hydrogen-bond donors (Lipinski definition) is 0. The van der Waals surface area contributed by atoms with E-state index in [-0.39, 0.29) is 17.9 Å². The third-order valence-corrected chi connectivity index (χ3v) is 5.54. The standard InChI is InChI=1S/C17H17ClN4O3S/c1-8-7-26-17(19-8)14-13-16(25-21-14)12(18)15(11(6-23)20-13)22-4-9(2)24-10(3)5-22/h6-7,9-10H,4-5H2,1-3H3. The van der Waals surface area contributed by atoms with Crippen LogP contribution >= 0.6 is 22.9 Å². The largest absolute Gasteiger partial charge is 0.372 e. The van der Waals surface area contributed by atoms with Gasteiger partial charge in [0, 0.05) is 24.2 Å². The predicted octanol–water partition coefficient (Wildman–Crippen LogP) is 3.73. The van der Waals surface area contributed by atoms with Gasteiger partial charge in [-0.2, -0.15) is 0 Å². The number of carbonyl (C=O) groups is 1. The van der Waals surface area contributed by atoms with Crippen LogP contribution in [-0.4, -0.2) is 46.7 Å². The highest BCUT2D eigenvalue weighted by Gasteiger charge is 2.29. The first-order valence-corrected chi connectivity index (χ1v) is 9.50. The fourth-order valence-electron chi connectivity index (χ4n) is 3.27. The minimum atomic E-state index is 0.0218. The second-order valence-electron chi connectivity index (χ2n) is 6.44. The van der Waals surface area contributed by atoms with Crippen LogP contribution in [0.5, 0.6) is 0 Å². The van der Waals surface area contributed by atoms with E-state index in [9.17, 15) is 4.79 Å². The molecule has 2 unspecified atom stereocenters. The SMILES string of the molecule is Cc1csc(-c2noc3c(Cl)c(N4CC(C)OC(C)C4)c(C=O)nc23)n1. The van der Waals surface area contributed by atoms with Crippen molar-refractivity contribution < 1.29 is 14.1 Å². The molecule has 9 heteroatoms. The van der Waals surface area contributed by atoms with Gasteiger partial charge in [-0.1, -0.05) is 16.8 Å². The van der Waals surface area contributed by atoms with E-state index in [4.69, 9.17) is 20.9 Å². The molecule has 0 saturated carbocycles. The summed E-state index contributed by atoms with van der Waals surface area (Å²) in [6.45, 7) is 7.11. The van der Waals surface area contributed by atoms with Gasteiger partial charge in [-0.15, -0.1) is 11.3 Å². The fourth-order valence-corrected chi connectivity index (χ4v) is 4.39. The number of thiazole rings is 1. The molecule has 2 atom stereocenters. The number of hydrogen-bond acceptors (Lipinski definition) is 8. The average Bonchev–Trinajstić information content (AvgIpc) is 3.19. The lowest BCUT2D eigenvalue weighted by molar-refractivity contribution is -0.00526. The summed E-state index contributed by atoms with van der Waals surface area (Å²) < 4.78 is 11.2. The zero-order valence-electron chi connectivity index (χ0n) is 14.5. The number of aromatic nitrogens is 3. The number of pyridine rings is 1. The number of rotatable bonds is 3. The summed E-state index contributed by atoms with van der Waals surface area (Å²) >= 11 is 8.07. The Labute approximate surface area is 158 Å². The molecule has 0 bridgehead atoms. The third kappa shape index (κ3) is 2.87.